The van der Waals surface area contributed by atoms with Gasteiger partial charge in [-0.15, -0.1) is 0 Å². The molecular formula is C15H22ClN3. The van der Waals surface area contributed by atoms with Crippen LogP contribution in [-0.4, -0.2) is 22.6 Å². The van der Waals surface area contributed by atoms with E-state index in [0.717, 1.165) is 29.7 Å². The minimum absolute atomic E-state index is 0.578. The molecule has 2 unspecified atom stereocenters. The highest BCUT2D eigenvalue weighted by Crippen LogP contribution is 2.38. The molecule has 4 heteroatoms. The molecule has 0 aromatic carbocycles. The Morgan fingerprint density at radius 2 is 1.68 bits per heavy atom. The summed E-state index contributed by atoms with van der Waals surface area (Å²) in [6, 6.07) is 0.636. The minimum Gasteiger partial charge on any atom is -0.351 e. The monoisotopic (exact) mass is 279 g/mol. The number of hydrogen-bond acceptors (Lipinski definition) is 3. The zero-order valence-electron chi connectivity index (χ0n) is 11.8. The van der Waals surface area contributed by atoms with Crippen molar-refractivity contribution in [2.45, 2.75) is 58.4 Å². The molecule has 0 amide bonds. The van der Waals surface area contributed by atoms with Crippen molar-refractivity contribution >= 4 is 17.4 Å². The summed E-state index contributed by atoms with van der Waals surface area (Å²) in [5, 5.41) is 0.578. The van der Waals surface area contributed by atoms with Crippen LogP contribution in [0.25, 0.3) is 0 Å². The Kier molecular flexibility index (Phi) is 3.66. The fourth-order valence-electron chi connectivity index (χ4n) is 3.63. The second-order valence-electron chi connectivity index (χ2n) is 5.96. The molecule has 1 aromatic heterocycles. The fourth-order valence-corrected chi connectivity index (χ4v) is 3.91. The van der Waals surface area contributed by atoms with Gasteiger partial charge in [-0.3, -0.25) is 0 Å². The van der Waals surface area contributed by atoms with Crippen LogP contribution in [0.15, 0.2) is 0 Å². The van der Waals surface area contributed by atoms with Gasteiger partial charge in [0.1, 0.15) is 0 Å². The quantitative estimate of drug-likeness (QED) is 0.780. The molecule has 1 aliphatic heterocycles. The summed E-state index contributed by atoms with van der Waals surface area (Å²) < 4.78 is 0. The van der Waals surface area contributed by atoms with Gasteiger partial charge in [0.05, 0.1) is 11.4 Å². The van der Waals surface area contributed by atoms with E-state index in [4.69, 9.17) is 16.6 Å². The van der Waals surface area contributed by atoms with Gasteiger partial charge in [-0.2, -0.15) is 0 Å². The molecule has 3 rings (SSSR count). The van der Waals surface area contributed by atoms with Crippen molar-refractivity contribution in [1.82, 2.24) is 9.97 Å². The molecule has 0 bridgehead atoms. The van der Waals surface area contributed by atoms with Crippen molar-refractivity contribution in [2.75, 3.05) is 11.4 Å². The molecule has 0 N–H and O–H groups in total. The molecule has 1 aromatic rings. The van der Waals surface area contributed by atoms with E-state index in [1.807, 2.05) is 13.8 Å². The maximum Gasteiger partial charge on any atom is 0.171 e. The number of fused-ring (bicyclic) bond motifs is 1. The smallest absolute Gasteiger partial charge is 0.171 e. The second-order valence-corrected chi connectivity index (χ2v) is 6.31. The number of hydrogen-bond donors (Lipinski definition) is 0. The summed E-state index contributed by atoms with van der Waals surface area (Å²) >= 11 is 6.35. The van der Waals surface area contributed by atoms with Crippen molar-refractivity contribution < 1.29 is 0 Å². The van der Waals surface area contributed by atoms with Gasteiger partial charge in [-0.1, -0.05) is 24.4 Å². The molecule has 2 atom stereocenters. The van der Waals surface area contributed by atoms with E-state index in [0.29, 0.717) is 11.2 Å². The molecular weight excluding hydrogens is 258 g/mol. The van der Waals surface area contributed by atoms with E-state index >= 15 is 0 Å². The lowest BCUT2D eigenvalue weighted by Crippen LogP contribution is -2.47. The molecule has 2 heterocycles. The largest absolute Gasteiger partial charge is 0.351 e. The third-order valence-electron chi connectivity index (χ3n) is 4.76. The zero-order valence-corrected chi connectivity index (χ0v) is 12.6. The average Bonchev–Trinajstić information content (AvgIpc) is 2.42. The molecule has 1 saturated carbocycles. The summed E-state index contributed by atoms with van der Waals surface area (Å²) in [5.41, 5.74) is 1.93. The Morgan fingerprint density at radius 1 is 1.00 bits per heavy atom. The number of piperidine rings is 1. The van der Waals surface area contributed by atoms with Crippen LogP contribution in [0.5, 0.6) is 0 Å². The van der Waals surface area contributed by atoms with Gasteiger partial charge < -0.3 is 4.90 Å². The van der Waals surface area contributed by atoms with Crippen LogP contribution in [-0.2, 0) is 0 Å². The standard InChI is InChI=1S/C15H22ClN3/c1-10-11(2)18-15(14(16)17-10)19-9-5-7-12-6-3-4-8-13(12)19/h12-13H,3-9H2,1-2H3. The topological polar surface area (TPSA) is 29.0 Å². The highest BCUT2D eigenvalue weighted by Gasteiger charge is 2.35. The lowest BCUT2D eigenvalue weighted by molar-refractivity contribution is 0.242. The molecule has 0 spiro atoms. The van der Waals surface area contributed by atoms with Gasteiger partial charge in [0.25, 0.3) is 0 Å². The van der Waals surface area contributed by atoms with E-state index in [9.17, 15) is 0 Å². The third kappa shape index (κ3) is 2.45. The Morgan fingerprint density at radius 3 is 2.53 bits per heavy atom. The lowest BCUT2D eigenvalue weighted by atomic mass is 9.78. The first kappa shape index (κ1) is 13.2. The van der Waals surface area contributed by atoms with Gasteiger partial charge in [-0.25, -0.2) is 9.97 Å². The predicted octanol–water partition coefficient (Wildman–Crippen LogP) is 3.91. The number of aromatic nitrogens is 2. The Hall–Kier alpha value is -0.830. The van der Waals surface area contributed by atoms with Gasteiger partial charge in [0.15, 0.2) is 11.0 Å². The lowest BCUT2D eigenvalue weighted by Gasteiger charge is -2.44. The average molecular weight is 280 g/mol. The summed E-state index contributed by atoms with van der Waals surface area (Å²) in [7, 11) is 0. The van der Waals surface area contributed by atoms with E-state index < -0.39 is 0 Å². The Bertz CT molecular complexity index is 473. The van der Waals surface area contributed by atoms with E-state index in [1.54, 1.807) is 0 Å². The molecule has 0 radical (unpaired) electrons. The van der Waals surface area contributed by atoms with Crippen molar-refractivity contribution in [2.24, 2.45) is 5.92 Å². The second kappa shape index (κ2) is 5.28. The minimum atomic E-state index is 0.578. The van der Waals surface area contributed by atoms with Crippen LogP contribution in [0.4, 0.5) is 5.82 Å². The first-order valence-corrected chi connectivity index (χ1v) is 7.82. The number of aryl methyl sites for hydroxylation is 2. The van der Waals surface area contributed by atoms with Crippen LogP contribution in [0.3, 0.4) is 0 Å². The molecule has 19 heavy (non-hydrogen) atoms. The van der Waals surface area contributed by atoms with E-state index in [-0.39, 0.29) is 0 Å². The number of rotatable bonds is 1. The van der Waals surface area contributed by atoms with E-state index in [1.165, 1.54) is 38.5 Å². The van der Waals surface area contributed by atoms with Crippen molar-refractivity contribution in [3.8, 4) is 0 Å². The van der Waals surface area contributed by atoms with Crippen LogP contribution < -0.4 is 4.90 Å². The maximum atomic E-state index is 6.35. The van der Waals surface area contributed by atoms with E-state index in [2.05, 4.69) is 9.88 Å². The number of halogens is 1. The van der Waals surface area contributed by atoms with Crippen molar-refractivity contribution in [3.63, 3.8) is 0 Å². The summed E-state index contributed by atoms with van der Waals surface area (Å²) in [4.78, 5) is 11.6. The van der Waals surface area contributed by atoms with Crippen molar-refractivity contribution in [3.05, 3.63) is 16.5 Å². The molecule has 2 aliphatic rings. The summed E-state index contributed by atoms with van der Waals surface area (Å²) in [5.74, 6) is 1.75. The SMILES string of the molecule is Cc1nc(Cl)c(N2CCCC3CCCCC32)nc1C. The molecule has 1 aliphatic carbocycles. The fraction of sp³-hybridized carbons (Fsp3) is 0.733. The van der Waals surface area contributed by atoms with Gasteiger partial charge in [-0.05, 0) is 45.4 Å². The molecule has 104 valence electrons. The van der Waals surface area contributed by atoms with Gasteiger partial charge >= 0.3 is 0 Å². The number of nitrogens with zero attached hydrogens (tertiary/aromatic N) is 3. The Labute approximate surface area is 120 Å². The first-order chi connectivity index (χ1) is 9.16. The zero-order chi connectivity index (χ0) is 13.4. The highest BCUT2D eigenvalue weighted by atomic mass is 35.5. The molecule has 2 fully saturated rings. The summed E-state index contributed by atoms with van der Waals surface area (Å²) in [6.07, 6.45) is 8.02. The third-order valence-corrected chi connectivity index (χ3v) is 5.02. The van der Waals surface area contributed by atoms with Crippen LogP contribution in [0.1, 0.15) is 49.9 Å². The van der Waals surface area contributed by atoms with Crippen LogP contribution in [0.2, 0.25) is 5.15 Å². The van der Waals surface area contributed by atoms with Crippen molar-refractivity contribution in [1.29, 1.82) is 0 Å². The Balaban J connectivity index is 1.93. The summed E-state index contributed by atoms with van der Waals surface area (Å²) in [6.45, 7) is 5.07. The maximum absolute atomic E-state index is 6.35. The van der Waals surface area contributed by atoms with Crippen LogP contribution in [0, 0.1) is 19.8 Å². The molecule has 1 saturated heterocycles. The number of anilines is 1. The predicted molar refractivity (Wildman–Crippen MR) is 78.8 cm³/mol. The van der Waals surface area contributed by atoms with Gasteiger partial charge in [0.2, 0.25) is 0 Å². The first-order valence-electron chi connectivity index (χ1n) is 7.44. The normalized spacial score (nSPS) is 27.2. The highest BCUT2D eigenvalue weighted by molar-refractivity contribution is 6.31. The van der Waals surface area contributed by atoms with Crippen LogP contribution >= 0.6 is 11.6 Å². The molecule has 3 nitrogen and oxygen atoms in total. The van der Waals surface area contributed by atoms with Gasteiger partial charge in [0, 0.05) is 12.6 Å².